The summed E-state index contributed by atoms with van der Waals surface area (Å²) in [7, 11) is 1.64. The zero-order valence-electron chi connectivity index (χ0n) is 15.4. The molecule has 4 rings (SSSR count). The number of hydrogen-bond donors (Lipinski definition) is 0. The highest BCUT2D eigenvalue weighted by atomic mass is 16.5. The number of methoxy groups -OCH3 is 1. The Kier molecular flexibility index (Phi) is 4.56. The van der Waals surface area contributed by atoms with Gasteiger partial charge in [0.15, 0.2) is 0 Å². The smallest absolute Gasteiger partial charge is 0.272 e. The monoisotopic (exact) mass is 365 g/mol. The minimum absolute atomic E-state index is 0.0488. The van der Waals surface area contributed by atoms with Crippen molar-refractivity contribution in [3.8, 4) is 5.75 Å². The number of piperidine rings is 1. The van der Waals surface area contributed by atoms with Crippen LogP contribution in [0.4, 0.5) is 0 Å². The summed E-state index contributed by atoms with van der Waals surface area (Å²) in [6.07, 6.45) is 3.08. The maximum Gasteiger partial charge on any atom is 0.272 e. The summed E-state index contributed by atoms with van der Waals surface area (Å²) in [5, 5.41) is 0. The molecule has 1 aromatic heterocycles. The molecular formula is C21H23N3O3. The fourth-order valence-corrected chi connectivity index (χ4v) is 3.99. The fraction of sp³-hybridized carbons (Fsp3) is 0.381. The number of rotatable bonds is 4. The quantitative estimate of drug-likeness (QED) is 0.781. The second-order valence-electron chi connectivity index (χ2n) is 7.30. The summed E-state index contributed by atoms with van der Waals surface area (Å²) >= 11 is 0. The number of likely N-dealkylation sites (tertiary alicyclic amines) is 2. The maximum absolute atomic E-state index is 12.8. The number of pyridine rings is 1. The number of carbonyl (C=O) groups excluding carboxylic acids is 2. The molecule has 6 nitrogen and oxygen atoms in total. The van der Waals surface area contributed by atoms with Crippen molar-refractivity contribution in [2.75, 3.05) is 26.7 Å². The molecule has 2 aliphatic heterocycles. The van der Waals surface area contributed by atoms with Crippen LogP contribution in [0, 0.1) is 5.41 Å². The number of ether oxygens (including phenoxy) is 1. The minimum Gasteiger partial charge on any atom is -0.497 e. The Morgan fingerprint density at radius 3 is 2.48 bits per heavy atom. The lowest BCUT2D eigenvalue weighted by atomic mass is 9.71. The second kappa shape index (κ2) is 7.02. The molecule has 0 bridgehead atoms. The average Bonchev–Trinajstić information content (AvgIpc) is 2.74. The Morgan fingerprint density at radius 1 is 1.15 bits per heavy atom. The Balaban J connectivity index is 1.33. The van der Waals surface area contributed by atoms with Gasteiger partial charge in [-0.3, -0.25) is 14.6 Å². The first kappa shape index (κ1) is 17.5. The van der Waals surface area contributed by atoms with E-state index >= 15 is 0 Å². The van der Waals surface area contributed by atoms with Crippen LogP contribution in [-0.2, 0) is 11.3 Å². The first-order chi connectivity index (χ1) is 13.1. The van der Waals surface area contributed by atoms with Crippen molar-refractivity contribution in [1.29, 1.82) is 0 Å². The standard InChI is InChI=1S/C21H23N3O3/c1-27-17-7-5-16(6-8-17)14-24-15-21(20(24)26)9-12-23(13-10-21)19(25)18-4-2-3-11-22-18/h2-8,11H,9-10,12-15H2,1H3. The van der Waals surface area contributed by atoms with E-state index < -0.39 is 0 Å². The van der Waals surface area contributed by atoms with Gasteiger partial charge in [-0.1, -0.05) is 18.2 Å². The van der Waals surface area contributed by atoms with Gasteiger partial charge in [-0.05, 0) is 42.7 Å². The Hall–Kier alpha value is -2.89. The van der Waals surface area contributed by atoms with Crippen LogP contribution in [-0.4, -0.2) is 53.3 Å². The number of aromatic nitrogens is 1. The molecule has 6 heteroatoms. The van der Waals surface area contributed by atoms with Crippen LogP contribution in [0.15, 0.2) is 48.7 Å². The van der Waals surface area contributed by atoms with Crippen LogP contribution in [0.5, 0.6) is 5.75 Å². The van der Waals surface area contributed by atoms with E-state index in [4.69, 9.17) is 4.74 Å². The highest BCUT2D eigenvalue weighted by molar-refractivity contribution is 5.93. The van der Waals surface area contributed by atoms with Gasteiger partial charge in [0.1, 0.15) is 11.4 Å². The number of β-lactam (4-membered cyclic amide) rings is 1. The van der Waals surface area contributed by atoms with Crippen LogP contribution in [0.1, 0.15) is 28.9 Å². The molecule has 1 aromatic carbocycles. The Morgan fingerprint density at radius 2 is 1.89 bits per heavy atom. The number of nitrogens with zero attached hydrogens (tertiary/aromatic N) is 3. The molecule has 2 fully saturated rings. The van der Waals surface area contributed by atoms with Crippen molar-refractivity contribution in [2.24, 2.45) is 5.41 Å². The first-order valence-corrected chi connectivity index (χ1v) is 9.24. The third-order valence-corrected chi connectivity index (χ3v) is 5.66. The maximum atomic E-state index is 12.8. The normalized spacial score (nSPS) is 18.3. The molecule has 140 valence electrons. The molecule has 0 aliphatic carbocycles. The molecule has 2 saturated heterocycles. The van der Waals surface area contributed by atoms with Gasteiger partial charge in [0.25, 0.3) is 5.91 Å². The van der Waals surface area contributed by atoms with E-state index in [2.05, 4.69) is 4.98 Å². The second-order valence-corrected chi connectivity index (χ2v) is 7.30. The lowest BCUT2D eigenvalue weighted by Crippen LogP contribution is -2.64. The number of benzene rings is 1. The molecule has 1 spiro atoms. The Labute approximate surface area is 158 Å². The van der Waals surface area contributed by atoms with Crippen LogP contribution >= 0.6 is 0 Å². The van der Waals surface area contributed by atoms with Crippen molar-refractivity contribution in [3.63, 3.8) is 0 Å². The lowest BCUT2D eigenvalue weighted by molar-refractivity contribution is -0.165. The number of amides is 2. The summed E-state index contributed by atoms with van der Waals surface area (Å²) in [6.45, 7) is 2.61. The molecular weight excluding hydrogens is 342 g/mol. The van der Waals surface area contributed by atoms with Gasteiger partial charge < -0.3 is 14.5 Å². The molecule has 0 unspecified atom stereocenters. The van der Waals surface area contributed by atoms with E-state index in [0.717, 1.165) is 30.7 Å². The molecule has 0 atom stereocenters. The topological polar surface area (TPSA) is 62.7 Å². The molecule has 2 aromatic rings. The van der Waals surface area contributed by atoms with Crippen molar-refractivity contribution < 1.29 is 14.3 Å². The lowest BCUT2D eigenvalue weighted by Gasteiger charge is -2.52. The van der Waals surface area contributed by atoms with E-state index in [1.807, 2.05) is 40.1 Å². The van der Waals surface area contributed by atoms with Crippen LogP contribution < -0.4 is 4.74 Å². The third kappa shape index (κ3) is 3.27. The van der Waals surface area contributed by atoms with Gasteiger partial charge in [-0.2, -0.15) is 0 Å². The zero-order chi connectivity index (χ0) is 18.9. The molecule has 27 heavy (non-hydrogen) atoms. The highest BCUT2D eigenvalue weighted by Gasteiger charge is 2.53. The van der Waals surface area contributed by atoms with Crippen molar-refractivity contribution in [2.45, 2.75) is 19.4 Å². The summed E-state index contributed by atoms with van der Waals surface area (Å²) in [5.41, 5.74) is 1.28. The molecule has 3 heterocycles. The van der Waals surface area contributed by atoms with Crippen molar-refractivity contribution in [3.05, 3.63) is 59.9 Å². The third-order valence-electron chi connectivity index (χ3n) is 5.66. The van der Waals surface area contributed by atoms with E-state index in [1.165, 1.54) is 0 Å². The SMILES string of the molecule is COc1ccc(CN2CC3(CCN(C(=O)c4ccccn4)CC3)C2=O)cc1. The van der Waals surface area contributed by atoms with Crippen LogP contribution in [0.2, 0.25) is 0 Å². The van der Waals surface area contributed by atoms with E-state index in [9.17, 15) is 9.59 Å². The van der Waals surface area contributed by atoms with Crippen molar-refractivity contribution in [1.82, 2.24) is 14.8 Å². The van der Waals surface area contributed by atoms with Gasteiger partial charge in [-0.15, -0.1) is 0 Å². The van der Waals surface area contributed by atoms with E-state index in [1.54, 1.807) is 25.4 Å². The molecule has 0 radical (unpaired) electrons. The van der Waals surface area contributed by atoms with Gasteiger partial charge in [-0.25, -0.2) is 0 Å². The number of carbonyl (C=O) groups is 2. The van der Waals surface area contributed by atoms with E-state index in [-0.39, 0.29) is 17.2 Å². The number of hydrogen-bond acceptors (Lipinski definition) is 4. The molecule has 2 aliphatic rings. The molecule has 2 amide bonds. The summed E-state index contributed by atoms with van der Waals surface area (Å²) in [4.78, 5) is 33.2. The van der Waals surface area contributed by atoms with Gasteiger partial charge in [0.2, 0.25) is 5.91 Å². The summed E-state index contributed by atoms with van der Waals surface area (Å²) in [6, 6.07) is 13.2. The zero-order valence-corrected chi connectivity index (χ0v) is 15.4. The molecule has 0 N–H and O–H groups in total. The highest BCUT2D eigenvalue weighted by Crippen LogP contribution is 2.42. The largest absolute Gasteiger partial charge is 0.497 e. The predicted molar refractivity (Wildman–Crippen MR) is 100 cm³/mol. The van der Waals surface area contributed by atoms with Crippen molar-refractivity contribution >= 4 is 11.8 Å². The van der Waals surface area contributed by atoms with Crippen LogP contribution in [0.25, 0.3) is 0 Å². The fourth-order valence-electron chi connectivity index (χ4n) is 3.99. The summed E-state index contributed by atoms with van der Waals surface area (Å²) < 4.78 is 5.17. The van der Waals surface area contributed by atoms with Gasteiger partial charge in [0.05, 0.1) is 12.5 Å². The molecule has 0 saturated carbocycles. The summed E-state index contributed by atoms with van der Waals surface area (Å²) in [5.74, 6) is 0.977. The van der Waals surface area contributed by atoms with Gasteiger partial charge in [0, 0.05) is 32.4 Å². The predicted octanol–water partition coefficient (Wildman–Crippen LogP) is 2.36. The Bertz CT molecular complexity index is 828. The first-order valence-electron chi connectivity index (χ1n) is 9.24. The average molecular weight is 365 g/mol. The van der Waals surface area contributed by atoms with E-state index in [0.29, 0.717) is 25.3 Å². The van der Waals surface area contributed by atoms with Crippen LogP contribution in [0.3, 0.4) is 0 Å². The minimum atomic E-state index is -0.284. The van der Waals surface area contributed by atoms with Gasteiger partial charge >= 0.3 is 0 Å².